The number of benzene rings is 1. The van der Waals surface area contributed by atoms with E-state index in [-0.39, 0.29) is 30.1 Å². The van der Waals surface area contributed by atoms with Crippen molar-refractivity contribution in [1.82, 2.24) is 15.1 Å². The van der Waals surface area contributed by atoms with E-state index in [0.29, 0.717) is 12.5 Å². The van der Waals surface area contributed by atoms with Crippen molar-refractivity contribution < 1.29 is 9.47 Å². The lowest BCUT2D eigenvalue weighted by Gasteiger charge is -2.29. The summed E-state index contributed by atoms with van der Waals surface area (Å²) < 4.78 is 11.5. The zero-order valence-corrected chi connectivity index (χ0v) is 20.4. The highest BCUT2D eigenvalue weighted by Crippen LogP contribution is 2.19. The van der Waals surface area contributed by atoms with Crippen molar-refractivity contribution >= 4 is 29.9 Å². The molecule has 0 aromatic heterocycles. The molecule has 7 heteroatoms. The number of halogens is 1. The highest BCUT2D eigenvalue weighted by molar-refractivity contribution is 14.0. The average molecular weight is 516 g/mol. The van der Waals surface area contributed by atoms with Gasteiger partial charge in [0.1, 0.15) is 11.9 Å². The quantitative estimate of drug-likeness (QED) is 0.343. The van der Waals surface area contributed by atoms with Gasteiger partial charge in [0, 0.05) is 39.3 Å². The van der Waals surface area contributed by atoms with Crippen LogP contribution in [0.4, 0.5) is 0 Å². The van der Waals surface area contributed by atoms with Crippen LogP contribution >= 0.6 is 24.0 Å². The van der Waals surface area contributed by atoms with E-state index in [1.165, 1.54) is 18.5 Å². The number of hydrogen-bond donors (Lipinski definition) is 1. The summed E-state index contributed by atoms with van der Waals surface area (Å²) >= 11 is 0. The molecule has 1 N–H and O–H groups in total. The Morgan fingerprint density at radius 2 is 2.10 bits per heavy atom. The molecule has 2 aliphatic rings. The number of ether oxygens (including phenoxy) is 2. The number of hydrogen-bond acceptors (Lipinski definition) is 4. The van der Waals surface area contributed by atoms with Gasteiger partial charge in [-0.15, -0.1) is 24.0 Å². The monoisotopic (exact) mass is 516 g/mol. The Bertz CT molecular complexity index is 637. The topological polar surface area (TPSA) is 49.3 Å². The molecular formula is C22H37IN4O2. The molecule has 6 nitrogen and oxygen atoms in total. The van der Waals surface area contributed by atoms with Crippen LogP contribution in [0.25, 0.3) is 0 Å². The van der Waals surface area contributed by atoms with Crippen LogP contribution in [0.1, 0.15) is 25.8 Å². The maximum absolute atomic E-state index is 6.04. The van der Waals surface area contributed by atoms with Gasteiger partial charge in [-0.2, -0.15) is 0 Å². The summed E-state index contributed by atoms with van der Waals surface area (Å²) in [6.45, 7) is 15.0. The van der Waals surface area contributed by atoms with E-state index in [0.717, 1.165) is 57.6 Å². The molecule has 2 saturated heterocycles. The van der Waals surface area contributed by atoms with Gasteiger partial charge in [-0.1, -0.05) is 12.1 Å². The fourth-order valence-corrected chi connectivity index (χ4v) is 3.92. The second-order valence-corrected chi connectivity index (χ2v) is 7.95. The Labute approximate surface area is 193 Å². The van der Waals surface area contributed by atoms with Crippen LogP contribution in [0.2, 0.25) is 0 Å². The molecule has 0 bridgehead atoms. The lowest BCUT2D eigenvalue weighted by molar-refractivity contribution is 0.0315. The SMILES string of the molecule is CCNC(=NCC(C)Oc1cccc(C)c1)N1CCC(CN2CCOCC2)C1.I. The lowest BCUT2D eigenvalue weighted by Crippen LogP contribution is -2.42. The molecule has 164 valence electrons. The summed E-state index contributed by atoms with van der Waals surface area (Å²) in [5.41, 5.74) is 1.21. The number of aliphatic imine (C=N–C) groups is 1. The van der Waals surface area contributed by atoms with Crippen molar-refractivity contribution in [3.05, 3.63) is 29.8 Å². The van der Waals surface area contributed by atoms with Gasteiger partial charge in [0.15, 0.2) is 5.96 Å². The normalized spacial score (nSPS) is 21.6. The molecule has 1 aromatic rings. The molecule has 0 radical (unpaired) electrons. The Balaban J connectivity index is 0.00000300. The fraction of sp³-hybridized carbons (Fsp3) is 0.682. The second kappa shape index (κ2) is 12.6. The van der Waals surface area contributed by atoms with Gasteiger partial charge in [0.25, 0.3) is 0 Å². The standard InChI is InChI=1S/C22H36N4O2.HI/c1-4-23-22(24-15-19(3)28-21-7-5-6-18(2)14-21)26-9-8-20(17-26)16-25-10-12-27-13-11-25;/h5-7,14,19-20H,4,8-13,15-17H2,1-3H3,(H,23,24);1H. The zero-order valence-electron chi connectivity index (χ0n) is 18.1. The minimum atomic E-state index is 0. The van der Waals surface area contributed by atoms with Crippen molar-refractivity contribution in [1.29, 1.82) is 0 Å². The summed E-state index contributed by atoms with van der Waals surface area (Å²) in [6.07, 6.45) is 1.28. The minimum absolute atomic E-state index is 0. The molecule has 2 aliphatic heterocycles. The van der Waals surface area contributed by atoms with E-state index in [2.05, 4.69) is 48.0 Å². The highest BCUT2D eigenvalue weighted by Gasteiger charge is 2.27. The first-order chi connectivity index (χ1) is 13.6. The first-order valence-electron chi connectivity index (χ1n) is 10.7. The van der Waals surface area contributed by atoms with Crippen LogP contribution in [-0.2, 0) is 4.74 Å². The molecule has 0 aliphatic carbocycles. The van der Waals surface area contributed by atoms with Gasteiger partial charge >= 0.3 is 0 Å². The van der Waals surface area contributed by atoms with E-state index in [1.807, 2.05) is 12.1 Å². The van der Waals surface area contributed by atoms with Crippen molar-refractivity contribution in [3.63, 3.8) is 0 Å². The molecule has 2 heterocycles. The van der Waals surface area contributed by atoms with E-state index in [4.69, 9.17) is 14.5 Å². The molecule has 1 aromatic carbocycles. The first-order valence-corrected chi connectivity index (χ1v) is 10.7. The van der Waals surface area contributed by atoms with Crippen LogP contribution in [0.15, 0.2) is 29.3 Å². The van der Waals surface area contributed by atoms with E-state index in [9.17, 15) is 0 Å². The third-order valence-corrected chi connectivity index (χ3v) is 5.37. The molecular weight excluding hydrogens is 479 g/mol. The van der Waals surface area contributed by atoms with E-state index >= 15 is 0 Å². The Morgan fingerprint density at radius 1 is 1.31 bits per heavy atom. The van der Waals surface area contributed by atoms with Crippen LogP contribution in [0, 0.1) is 12.8 Å². The van der Waals surface area contributed by atoms with Crippen LogP contribution < -0.4 is 10.1 Å². The molecule has 29 heavy (non-hydrogen) atoms. The van der Waals surface area contributed by atoms with Crippen LogP contribution in [0.3, 0.4) is 0 Å². The molecule has 0 spiro atoms. The predicted molar refractivity (Wildman–Crippen MR) is 130 cm³/mol. The van der Waals surface area contributed by atoms with Crippen LogP contribution in [0.5, 0.6) is 5.75 Å². The Hall–Kier alpha value is -1.06. The number of guanidine groups is 1. The van der Waals surface area contributed by atoms with Crippen molar-refractivity contribution in [2.75, 3.05) is 59.0 Å². The maximum Gasteiger partial charge on any atom is 0.194 e. The van der Waals surface area contributed by atoms with Gasteiger partial charge < -0.3 is 19.7 Å². The highest BCUT2D eigenvalue weighted by atomic mass is 127. The molecule has 0 saturated carbocycles. The summed E-state index contributed by atoms with van der Waals surface area (Å²) in [5, 5.41) is 3.46. The van der Waals surface area contributed by atoms with Gasteiger partial charge in [-0.3, -0.25) is 4.90 Å². The number of likely N-dealkylation sites (tertiary alicyclic amines) is 1. The predicted octanol–water partition coefficient (Wildman–Crippen LogP) is 3.00. The van der Waals surface area contributed by atoms with Crippen molar-refractivity contribution in [2.45, 2.75) is 33.3 Å². The fourth-order valence-electron chi connectivity index (χ4n) is 3.92. The van der Waals surface area contributed by atoms with Gasteiger partial charge in [-0.25, -0.2) is 4.99 Å². The van der Waals surface area contributed by atoms with Crippen LogP contribution in [-0.4, -0.2) is 80.9 Å². The number of rotatable bonds is 7. The molecule has 2 fully saturated rings. The maximum atomic E-state index is 6.04. The summed E-state index contributed by atoms with van der Waals surface area (Å²) in [5.74, 6) is 2.65. The smallest absolute Gasteiger partial charge is 0.194 e. The van der Waals surface area contributed by atoms with Gasteiger partial charge in [-0.05, 0) is 50.8 Å². The Morgan fingerprint density at radius 3 is 2.83 bits per heavy atom. The molecule has 2 unspecified atom stereocenters. The molecule has 3 rings (SSSR count). The zero-order chi connectivity index (χ0) is 19.8. The lowest BCUT2D eigenvalue weighted by atomic mass is 10.1. The van der Waals surface area contributed by atoms with Crippen molar-refractivity contribution in [2.24, 2.45) is 10.9 Å². The largest absolute Gasteiger partial charge is 0.489 e. The van der Waals surface area contributed by atoms with Gasteiger partial charge in [0.05, 0.1) is 19.8 Å². The molecule has 2 atom stereocenters. The first kappa shape index (κ1) is 24.2. The summed E-state index contributed by atoms with van der Waals surface area (Å²) in [4.78, 5) is 9.82. The summed E-state index contributed by atoms with van der Waals surface area (Å²) in [6, 6.07) is 8.19. The Kier molecular flexibility index (Phi) is 10.5. The van der Waals surface area contributed by atoms with Crippen molar-refractivity contribution in [3.8, 4) is 5.75 Å². The molecule has 0 amide bonds. The van der Waals surface area contributed by atoms with Gasteiger partial charge in [0.2, 0.25) is 0 Å². The minimum Gasteiger partial charge on any atom is -0.489 e. The second-order valence-electron chi connectivity index (χ2n) is 7.95. The third kappa shape index (κ3) is 7.94. The third-order valence-electron chi connectivity index (χ3n) is 5.37. The number of aryl methyl sites for hydroxylation is 1. The number of nitrogens with one attached hydrogen (secondary N) is 1. The number of nitrogens with zero attached hydrogens (tertiary/aromatic N) is 3. The average Bonchev–Trinajstić information content (AvgIpc) is 3.14. The summed E-state index contributed by atoms with van der Waals surface area (Å²) in [7, 11) is 0. The van der Waals surface area contributed by atoms with E-state index < -0.39 is 0 Å². The van der Waals surface area contributed by atoms with E-state index in [1.54, 1.807) is 0 Å². The number of morpholine rings is 1.